The molecular weight excluding hydrogens is 282 g/mol. The minimum Gasteiger partial charge on any atom is -0.464 e. The number of para-hydroxylation sites is 1. The van der Waals surface area contributed by atoms with Gasteiger partial charge in [-0.05, 0) is 22.0 Å². The van der Waals surface area contributed by atoms with Gasteiger partial charge in [-0.3, -0.25) is 0 Å². The predicted octanol–water partition coefficient (Wildman–Crippen LogP) is 3.02. The number of benzene rings is 1. The minimum absolute atomic E-state index is 0.606. The zero-order chi connectivity index (χ0) is 11.8. The summed E-state index contributed by atoms with van der Waals surface area (Å²) in [5.41, 5.74) is 7.84. The summed E-state index contributed by atoms with van der Waals surface area (Å²) in [5, 5.41) is 5.30. The molecule has 1 aromatic carbocycles. The lowest BCUT2D eigenvalue weighted by Gasteiger charge is -2.02. The fourth-order valence-electron chi connectivity index (χ4n) is 1.81. The molecule has 4 nitrogen and oxygen atoms in total. The number of halogens is 1. The standard InChI is InChI=1S/C12H10BrN3O/c13-10-5-15-16(12(10)14)6-8-7-17-11-4-2-1-3-9(8)11/h1-5,7H,6,14H2. The van der Waals surface area contributed by atoms with Crippen LogP contribution in [-0.4, -0.2) is 9.78 Å². The summed E-state index contributed by atoms with van der Waals surface area (Å²) in [6.45, 7) is 0.606. The van der Waals surface area contributed by atoms with Crippen molar-refractivity contribution in [1.82, 2.24) is 9.78 Å². The van der Waals surface area contributed by atoms with E-state index < -0.39 is 0 Å². The molecule has 0 saturated carbocycles. The number of rotatable bonds is 2. The SMILES string of the molecule is Nc1c(Br)cnn1Cc1coc2ccccc12. The highest BCUT2D eigenvalue weighted by Gasteiger charge is 2.09. The van der Waals surface area contributed by atoms with Gasteiger partial charge in [0.25, 0.3) is 0 Å². The maximum atomic E-state index is 5.89. The smallest absolute Gasteiger partial charge is 0.136 e. The van der Waals surface area contributed by atoms with E-state index in [0.29, 0.717) is 12.4 Å². The minimum atomic E-state index is 0.606. The van der Waals surface area contributed by atoms with Crippen LogP contribution in [0.5, 0.6) is 0 Å². The van der Waals surface area contributed by atoms with Crippen molar-refractivity contribution in [3.05, 3.63) is 46.8 Å². The lowest BCUT2D eigenvalue weighted by Crippen LogP contribution is -2.05. The lowest BCUT2D eigenvalue weighted by molar-refractivity contribution is 0.602. The van der Waals surface area contributed by atoms with Gasteiger partial charge in [0.05, 0.1) is 23.5 Å². The second kappa shape index (κ2) is 3.92. The van der Waals surface area contributed by atoms with E-state index in [9.17, 15) is 0 Å². The molecule has 0 aliphatic carbocycles. The maximum absolute atomic E-state index is 5.89. The van der Waals surface area contributed by atoms with Crippen molar-refractivity contribution in [2.75, 3.05) is 5.73 Å². The summed E-state index contributed by atoms with van der Waals surface area (Å²) in [6, 6.07) is 7.92. The molecule has 0 amide bonds. The van der Waals surface area contributed by atoms with E-state index in [1.54, 1.807) is 17.1 Å². The molecule has 17 heavy (non-hydrogen) atoms. The van der Waals surface area contributed by atoms with Crippen molar-refractivity contribution >= 4 is 32.7 Å². The first-order valence-electron chi connectivity index (χ1n) is 5.17. The van der Waals surface area contributed by atoms with Crippen LogP contribution in [0.15, 0.2) is 45.6 Å². The van der Waals surface area contributed by atoms with Gasteiger partial charge in [0.2, 0.25) is 0 Å². The first-order valence-corrected chi connectivity index (χ1v) is 5.97. The molecule has 0 fully saturated rings. The molecule has 2 heterocycles. The van der Waals surface area contributed by atoms with E-state index in [1.165, 1.54) is 0 Å². The molecule has 86 valence electrons. The molecule has 0 aliphatic rings. The number of aromatic nitrogens is 2. The van der Waals surface area contributed by atoms with Crippen molar-refractivity contribution in [2.24, 2.45) is 0 Å². The van der Waals surface area contributed by atoms with Crippen molar-refractivity contribution in [3.63, 3.8) is 0 Å². The third kappa shape index (κ3) is 1.72. The van der Waals surface area contributed by atoms with E-state index in [2.05, 4.69) is 21.0 Å². The summed E-state index contributed by atoms with van der Waals surface area (Å²) in [7, 11) is 0. The molecule has 0 aliphatic heterocycles. The van der Waals surface area contributed by atoms with E-state index >= 15 is 0 Å². The van der Waals surface area contributed by atoms with Crippen LogP contribution in [-0.2, 0) is 6.54 Å². The van der Waals surface area contributed by atoms with Crippen LogP contribution in [0.3, 0.4) is 0 Å². The number of nitrogens with zero attached hydrogens (tertiary/aromatic N) is 2. The number of anilines is 1. The van der Waals surface area contributed by atoms with Crippen LogP contribution in [0.4, 0.5) is 5.82 Å². The molecule has 0 atom stereocenters. The van der Waals surface area contributed by atoms with Crippen molar-refractivity contribution in [1.29, 1.82) is 0 Å². The topological polar surface area (TPSA) is 57.0 Å². The Kier molecular flexibility index (Phi) is 2.40. The van der Waals surface area contributed by atoms with Crippen LogP contribution in [0.2, 0.25) is 0 Å². The summed E-state index contributed by atoms with van der Waals surface area (Å²) < 4.78 is 8.02. The van der Waals surface area contributed by atoms with Gasteiger partial charge in [0.1, 0.15) is 11.4 Å². The fraction of sp³-hybridized carbons (Fsp3) is 0.0833. The van der Waals surface area contributed by atoms with Gasteiger partial charge < -0.3 is 10.2 Å². The Bertz CT molecular complexity index is 671. The highest BCUT2D eigenvalue weighted by Crippen LogP contribution is 2.24. The van der Waals surface area contributed by atoms with Gasteiger partial charge in [0, 0.05) is 10.9 Å². The number of nitrogen functional groups attached to an aromatic ring is 1. The largest absolute Gasteiger partial charge is 0.464 e. The predicted molar refractivity (Wildman–Crippen MR) is 69.7 cm³/mol. The van der Waals surface area contributed by atoms with Crippen LogP contribution in [0.25, 0.3) is 11.0 Å². The highest BCUT2D eigenvalue weighted by molar-refractivity contribution is 9.10. The summed E-state index contributed by atoms with van der Waals surface area (Å²) in [6.07, 6.45) is 3.44. The van der Waals surface area contributed by atoms with Gasteiger partial charge in [-0.2, -0.15) is 5.10 Å². The number of furan rings is 1. The Labute approximate surface area is 106 Å². The Hall–Kier alpha value is -1.75. The van der Waals surface area contributed by atoms with Crippen molar-refractivity contribution in [3.8, 4) is 0 Å². The Morgan fingerprint density at radius 3 is 2.94 bits per heavy atom. The average Bonchev–Trinajstić information content (AvgIpc) is 2.89. The highest BCUT2D eigenvalue weighted by atomic mass is 79.9. The quantitative estimate of drug-likeness (QED) is 0.790. The molecule has 0 unspecified atom stereocenters. The molecular formula is C12H10BrN3O. The number of hydrogen-bond donors (Lipinski definition) is 1. The van der Waals surface area contributed by atoms with Crippen LogP contribution < -0.4 is 5.73 Å². The van der Waals surface area contributed by atoms with Gasteiger partial charge in [-0.15, -0.1) is 0 Å². The zero-order valence-electron chi connectivity index (χ0n) is 8.93. The zero-order valence-corrected chi connectivity index (χ0v) is 10.5. The lowest BCUT2D eigenvalue weighted by atomic mass is 10.2. The normalized spacial score (nSPS) is 11.1. The Morgan fingerprint density at radius 1 is 1.35 bits per heavy atom. The molecule has 0 radical (unpaired) electrons. The van der Waals surface area contributed by atoms with Crippen LogP contribution >= 0.6 is 15.9 Å². The van der Waals surface area contributed by atoms with Crippen molar-refractivity contribution < 1.29 is 4.42 Å². The second-order valence-corrected chi connectivity index (χ2v) is 4.65. The molecule has 5 heteroatoms. The van der Waals surface area contributed by atoms with Crippen molar-refractivity contribution in [2.45, 2.75) is 6.54 Å². The van der Waals surface area contributed by atoms with E-state index in [0.717, 1.165) is 21.0 Å². The molecule has 3 rings (SSSR count). The fourth-order valence-corrected chi connectivity index (χ4v) is 2.11. The second-order valence-electron chi connectivity index (χ2n) is 3.79. The molecule has 0 spiro atoms. The van der Waals surface area contributed by atoms with Gasteiger partial charge >= 0.3 is 0 Å². The maximum Gasteiger partial charge on any atom is 0.136 e. The molecule has 2 aromatic heterocycles. The van der Waals surface area contributed by atoms with E-state index in [1.807, 2.05) is 24.3 Å². The summed E-state index contributed by atoms with van der Waals surface area (Å²) in [4.78, 5) is 0. The van der Waals surface area contributed by atoms with E-state index in [4.69, 9.17) is 10.2 Å². The summed E-state index contributed by atoms with van der Waals surface area (Å²) >= 11 is 3.34. The molecule has 3 aromatic rings. The molecule has 0 saturated heterocycles. The van der Waals surface area contributed by atoms with Gasteiger partial charge in [-0.1, -0.05) is 18.2 Å². The third-order valence-corrected chi connectivity index (χ3v) is 3.33. The first kappa shape index (κ1) is 10.4. The van der Waals surface area contributed by atoms with Crippen LogP contribution in [0, 0.1) is 0 Å². The van der Waals surface area contributed by atoms with E-state index in [-0.39, 0.29) is 0 Å². The number of hydrogen-bond acceptors (Lipinski definition) is 3. The Balaban J connectivity index is 2.03. The van der Waals surface area contributed by atoms with Gasteiger partial charge in [-0.25, -0.2) is 4.68 Å². The molecule has 2 N–H and O–H groups in total. The summed E-state index contributed by atoms with van der Waals surface area (Å²) in [5.74, 6) is 0.621. The van der Waals surface area contributed by atoms with Crippen LogP contribution in [0.1, 0.15) is 5.56 Å². The number of fused-ring (bicyclic) bond motifs is 1. The number of nitrogens with two attached hydrogens (primary N) is 1. The Morgan fingerprint density at radius 2 is 2.18 bits per heavy atom. The molecule has 0 bridgehead atoms. The van der Waals surface area contributed by atoms with Gasteiger partial charge in [0.15, 0.2) is 0 Å². The first-order chi connectivity index (χ1) is 8.25. The monoisotopic (exact) mass is 291 g/mol. The third-order valence-electron chi connectivity index (χ3n) is 2.71. The average molecular weight is 292 g/mol.